The Hall–Kier alpha value is -2.61. The zero-order valence-electron chi connectivity index (χ0n) is 15.8. The first-order valence-electron chi connectivity index (χ1n) is 9.38. The van der Waals surface area contributed by atoms with Crippen LogP contribution >= 0.6 is 0 Å². The molecule has 1 saturated carbocycles. The summed E-state index contributed by atoms with van der Waals surface area (Å²) in [5, 5.41) is 20.4. The van der Waals surface area contributed by atoms with Gasteiger partial charge in [-0.25, -0.2) is 4.79 Å². The molecule has 1 aliphatic rings. The van der Waals surface area contributed by atoms with E-state index in [1.54, 1.807) is 0 Å². The molecule has 1 aromatic heterocycles. The number of urea groups is 1. The molecule has 3 rings (SSSR count). The van der Waals surface area contributed by atoms with Crippen molar-refractivity contribution in [3.63, 3.8) is 0 Å². The van der Waals surface area contributed by atoms with Crippen molar-refractivity contribution in [2.75, 3.05) is 19.6 Å². The molecule has 1 fully saturated rings. The number of rotatable bonds is 8. The summed E-state index contributed by atoms with van der Waals surface area (Å²) in [7, 11) is 1.92. The van der Waals surface area contributed by atoms with Gasteiger partial charge in [0.05, 0.1) is 17.8 Å². The third kappa shape index (κ3) is 4.57. The van der Waals surface area contributed by atoms with Gasteiger partial charge < -0.3 is 15.7 Å². The number of para-hydroxylation sites is 1. The second-order valence-electron chi connectivity index (χ2n) is 7.02. The quantitative estimate of drug-likeness (QED) is 0.649. The summed E-state index contributed by atoms with van der Waals surface area (Å²) < 4.78 is 1.86. The van der Waals surface area contributed by atoms with Gasteiger partial charge in [0.25, 0.3) is 0 Å². The Labute approximate surface area is 158 Å². The number of nitrogens with one attached hydrogen (secondary N) is 2. The van der Waals surface area contributed by atoms with E-state index in [-0.39, 0.29) is 24.7 Å². The van der Waals surface area contributed by atoms with Crippen molar-refractivity contribution in [2.24, 2.45) is 7.05 Å². The van der Waals surface area contributed by atoms with Crippen LogP contribution in [0.15, 0.2) is 24.3 Å². The molecular formula is C19H27N5O3. The van der Waals surface area contributed by atoms with E-state index in [1.165, 1.54) is 0 Å². The van der Waals surface area contributed by atoms with Gasteiger partial charge in [-0.3, -0.25) is 14.4 Å². The molecule has 1 aliphatic carbocycles. The second kappa shape index (κ2) is 8.39. The summed E-state index contributed by atoms with van der Waals surface area (Å²) in [5.74, 6) is -0.812. The van der Waals surface area contributed by atoms with E-state index in [0.29, 0.717) is 19.5 Å². The highest BCUT2D eigenvalue weighted by atomic mass is 16.4. The van der Waals surface area contributed by atoms with Crippen molar-refractivity contribution >= 4 is 22.9 Å². The predicted octanol–water partition coefficient (Wildman–Crippen LogP) is 1.35. The number of amides is 2. The van der Waals surface area contributed by atoms with Gasteiger partial charge >= 0.3 is 12.0 Å². The zero-order valence-corrected chi connectivity index (χ0v) is 15.8. The lowest BCUT2D eigenvalue weighted by Crippen LogP contribution is -2.56. The van der Waals surface area contributed by atoms with E-state index in [9.17, 15) is 9.59 Å². The Morgan fingerprint density at radius 3 is 2.78 bits per heavy atom. The first-order chi connectivity index (χ1) is 13.0. The molecule has 0 radical (unpaired) electrons. The van der Waals surface area contributed by atoms with E-state index >= 15 is 0 Å². The fourth-order valence-corrected chi connectivity index (χ4v) is 3.68. The molecule has 1 heterocycles. The first kappa shape index (κ1) is 19.2. The topological polar surface area (TPSA) is 99.5 Å². The minimum absolute atomic E-state index is 0.0537. The summed E-state index contributed by atoms with van der Waals surface area (Å²) in [4.78, 5) is 24.9. The van der Waals surface area contributed by atoms with E-state index in [2.05, 4.69) is 15.7 Å². The minimum atomic E-state index is -0.812. The number of carbonyl (C=O) groups excluding carboxylic acids is 1. The molecule has 0 atom stereocenters. The first-order valence-corrected chi connectivity index (χ1v) is 9.38. The van der Waals surface area contributed by atoms with E-state index in [4.69, 9.17) is 5.11 Å². The average molecular weight is 373 g/mol. The average Bonchev–Trinajstić information content (AvgIpc) is 2.92. The maximum absolute atomic E-state index is 12.1. The zero-order chi connectivity index (χ0) is 19.4. The number of carboxylic acid groups (broad SMARTS) is 1. The molecule has 2 aromatic rings. The number of carboxylic acids is 1. The lowest BCUT2D eigenvalue weighted by atomic mass is 9.85. The van der Waals surface area contributed by atoms with Crippen LogP contribution in [-0.4, -0.2) is 63.5 Å². The Kier molecular flexibility index (Phi) is 5.95. The molecule has 0 bridgehead atoms. The van der Waals surface area contributed by atoms with Gasteiger partial charge in [-0.2, -0.15) is 5.10 Å². The maximum atomic E-state index is 12.1. The molecule has 0 spiro atoms. The van der Waals surface area contributed by atoms with Crippen molar-refractivity contribution in [3.8, 4) is 0 Å². The number of carbonyl (C=O) groups is 2. The largest absolute Gasteiger partial charge is 0.480 e. The molecule has 8 heteroatoms. The number of fused-ring (bicyclic) bond motifs is 1. The fraction of sp³-hybridized carbons (Fsp3) is 0.526. The summed E-state index contributed by atoms with van der Waals surface area (Å²) in [6, 6.07) is 8.21. The molecule has 0 aliphatic heterocycles. The van der Waals surface area contributed by atoms with Crippen LogP contribution in [0.3, 0.4) is 0 Å². The Bertz CT molecular complexity index is 813. The smallest absolute Gasteiger partial charge is 0.317 e. The van der Waals surface area contributed by atoms with Crippen LogP contribution in [-0.2, 0) is 18.3 Å². The highest BCUT2D eigenvalue weighted by molar-refractivity contribution is 5.82. The van der Waals surface area contributed by atoms with Gasteiger partial charge in [-0.1, -0.05) is 25.1 Å². The van der Waals surface area contributed by atoms with Crippen LogP contribution in [0.2, 0.25) is 0 Å². The van der Waals surface area contributed by atoms with Crippen molar-refractivity contribution in [2.45, 2.75) is 38.3 Å². The number of nitrogens with zero attached hydrogens (tertiary/aromatic N) is 3. The number of hydrogen-bond donors (Lipinski definition) is 3. The van der Waals surface area contributed by atoms with Gasteiger partial charge in [-0.05, 0) is 25.5 Å². The van der Waals surface area contributed by atoms with Crippen LogP contribution < -0.4 is 10.6 Å². The normalized spacial score (nSPS) is 19.1. The van der Waals surface area contributed by atoms with Gasteiger partial charge in [0, 0.05) is 37.5 Å². The minimum Gasteiger partial charge on any atom is -0.480 e. The van der Waals surface area contributed by atoms with Crippen LogP contribution in [0.5, 0.6) is 0 Å². The molecule has 1 aromatic carbocycles. The highest BCUT2D eigenvalue weighted by Gasteiger charge is 2.34. The summed E-state index contributed by atoms with van der Waals surface area (Å²) in [6.45, 7) is 3.23. The van der Waals surface area contributed by atoms with E-state index in [1.807, 2.05) is 47.8 Å². The van der Waals surface area contributed by atoms with E-state index in [0.717, 1.165) is 29.4 Å². The SMILES string of the molecule is CCN(CC(=O)O)C1CC(NC(=O)NCCc2nn(C)c3ccccc23)C1. The molecule has 8 nitrogen and oxygen atoms in total. The van der Waals surface area contributed by atoms with Crippen LogP contribution in [0.4, 0.5) is 4.79 Å². The highest BCUT2D eigenvalue weighted by Crippen LogP contribution is 2.25. The Balaban J connectivity index is 1.40. The monoisotopic (exact) mass is 373 g/mol. The maximum Gasteiger partial charge on any atom is 0.317 e. The third-order valence-corrected chi connectivity index (χ3v) is 5.19. The number of benzene rings is 1. The number of likely N-dealkylation sites (N-methyl/N-ethyl adjacent to an activating group) is 1. The Morgan fingerprint density at radius 1 is 1.33 bits per heavy atom. The second-order valence-corrected chi connectivity index (χ2v) is 7.02. The lowest BCUT2D eigenvalue weighted by molar-refractivity contribution is -0.139. The third-order valence-electron chi connectivity index (χ3n) is 5.19. The van der Waals surface area contributed by atoms with Crippen LogP contribution in [0.1, 0.15) is 25.5 Å². The fourth-order valence-electron chi connectivity index (χ4n) is 3.68. The van der Waals surface area contributed by atoms with Gasteiger partial charge in [0.2, 0.25) is 0 Å². The van der Waals surface area contributed by atoms with Crippen molar-refractivity contribution in [1.29, 1.82) is 0 Å². The molecule has 27 heavy (non-hydrogen) atoms. The number of aryl methyl sites for hydroxylation is 1. The predicted molar refractivity (Wildman–Crippen MR) is 103 cm³/mol. The summed E-state index contributed by atoms with van der Waals surface area (Å²) in [6.07, 6.45) is 2.25. The number of hydrogen-bond acceptors (Lipinski definition) is 4. The molecular weight excluding hydrogens is 346 g/mol. The lowest BCUT2D eigenvalue weighted by Gasteiger charge is -2.42. The van der Waals surface area contributed by atoms with Crippen molar-refractivity contribution in [3.05, 3.63) is 30.0 Å². The molecule has 0 unspecified atom stereocenters. The molecule has 146 valence electrons. The molecule has 2 amide bonds. The number of aromatic nitrogens is 2. The van der Waals surface area contributed by atoms with E-state index < -0.39 is 5.97 Å². The van der Waals surface area contributed by atoms with Gasteiger partial charge in [-0.15, -0.1) is 0 Å². The Morgan fingerprint density at radius 2 is 2.07 bits per heavy atom. The standard InChI is InChI=1S/C19H27N5O3/c1-3-24(12-18(25)26)14-10-13(11-14)21-19(27)20-9-8-16-15-6-4-5-7-17(15)23(2)22-16/h4-7,13-14H,3,8-12H2,1-2H3,(H,25,26)(H2,20,21,27). The summed E-state index contributed by atoms with van der Waals surface area (Å²) >= 11 is 0. The number of aliphatic carboxylic acids is 1. The van der Waals surface area contributed by atoms with Crippen molar-refractivity contribution < 1.29 is 14.7 Å². The van der Waals surface area contributed by atoms with Gasteiger partial charge in [0.1, 0.15) is 0 Å². The van der Waals surface area contributed by atoms with Gasteiger partial charge in [0.15, 0.2) is 0 Å². The summed E-state index contributed by atoms with van der Waals surface area (Å²) in [5.41, 5.74) is 2.06. The van der Waals surface area contributed by atoms with Crippen LogP contribution in [0, 0.1) is 0 Å². The van der Waals surface area contributed by atoms with Crippen molar-refractivity contribution in [1.82, 2.24) is 25.3 Å². The molecule has 0 saturated heterocycles. The van der Waals surface area contributed by atoms with Crippen LogP contribution in [0.25, 0.3) is 10.9 Å². The molecule has 3 N–H and O–H groups in total.